The summed E-state index contributed by atoms with van der Waals surface area (Å²) in [5.74, 6) is -0.840. The minimum atomic E-state index is -1.57. The monoisotopic (exact) mass is 492 g/mol. The molecule has 0 aliphatic carbocycles. The van der Waals surface area contributed by atoms with Crippen LogP contribution in [0, 0.1) is 0 Å². The van der Waals surface area contributed by atoms with Gasteiger partial charge in [0.05, 0.1) is 22.8 Å². The van der Waals surface area contributed by atoms with E-state index >= 15 is 0 Å². The van der Waals surface area contributed by atoms with E-state index in [-0.39, 0.29) is 5.95 Å². The molecule has 0 aliphatic heterocycles. The number of hydrogen-bond donors (Lipinski definition) is 5. The third kappa shape index (κ3) is 5.31. The van der Waals surface area contributed by atoms with Crippen molar-refractivity contribution in [3.63, 3.8) is 0 Å². The first-order chi connectivity index (χ1) is 18.0. The Morgan fingerprint density at radius 3 is 2.41 bits per heavy atom. The molecule has 9 nitrogen and oxygen atoms in total. The smallest absolute Gasteiger partial charge is 0.255 e. The van der Waals surface area contributed by atoms with E-state index in [4.69, 9.17) is 5.73 Å². The van der Waals surface area contributed by atoms with E-state index in [1.54, 1.807) is 72.9 Å². The molecule has 0 spiro atoms. The van der Waals surface area contributed by atoms with Crippen LogP contribution in [0.1, 0.15) is 22.0 Å². The number of hydrogen-bond acceptors (Lipinski definition) is 6. The summed E-state index contributed by atoms with van der Waals surface area (Å²) in [7, 11) is 0. The Hall–Kier alpha value is -5.02. The van der Waals surface area contributed by atoms with Crippen LogP contribution in [-0.4, -0.2) is 38.0 Å². The van der Waals surface area contributed by atoms with Gasteiger partial charge in [-0.1, -0.05) is 48.5 Å². The number of H-pyrrole nitrogens is 1. The second-order valence-corrected chi connectivity index (χ2v) is 8.44. The summed E-state index contributed by atoms with van der Waals surface area (Å²) in [4.78, 5) is 37.5. The highest BCUT2D eigenvalue weighted by Crippen LogP contribution is 2.23. The van der Waals surface area contributed by atoms with Crippen LogP contribution in [0.3, 0.4) is 0 Å². The van der Waals surface area contributed by atoms with E-state index in [9.17, 15) is 14.7 Å². The van der Waals surface area contributed by atoms with Gasteiger partial charge in [-0.2, -0.15) is 0 Å². The fourth-order valence-corrected chi connectivity index (χ4v) is 4.03. The molecular formula is C28H24N6O3. The van der Waals surface area contributed by atoms with Crippen molar-refractivity contribution < 1.29 is 14.7 Å². The van der Waals surface area contributed by atoms with Crippen molar-refractivity contribution in [1.82, 2.24) is 20.3 Å². The van der Waals surface area contributed by atoms with Gasteiger partial charge in [0, 0.05) is 23.0 Å². The number of benzene rings is 3. The minimum Gasteiger partial charge on any atom is -0.381 e. The number of aliphatic hydroxyl groups excluding tert-OH is 1. The zero-order valence-corrected chi connectivity index (χ0v) is 19.6. The third-order valence-electron chi connectivity index (χ3n) is 5.91. The Labute approximate surface area is 212 Å². The number of nitrogens with zero attached hydrogens (tertiary/aromatic N) is 2. The summed E-state index contributed by atoms with van der Waals surface area (Å²) in [5, 5.41) is 16.5. The molecule has 2 amide bonds. The summed E-state index contributed by atoms with van der Waals surface area (Å²) in [6, 6.07) is 25.5. The van der Waals surface area contributed by atoms with Crippen LogP contribution < -0.4 is 16.4 Å². The molecule has 0 saturated heterocycles. The van der Waals surface area contributed by atoms with E-state index in [1.807, 2.05) is 24.3 Å². The van der Waals surface area contributed by atoms with Crippen LogP contribution >= 0.6 is 0 Å². The first kappa shape index (κ1) is 23.7. The van der Waals surface area contributed by atoms with E-state index in [0.717, 1.165) is 11.3 Å². The molecule has 184 valence electrons. The summed E-state index contributed by atoms with van der Waals surface area (Å²) in [5.41, 5.74) is 10.1. The molecule has 2 aromatic heterocycles. The Bertz CT molecular complexity index is 1540. The third-order valence-corrected chi connectivity index (χ3v) is 5.91. The van der Waals surface area contributed by atoms with Crippen molar-refractivity contribution >= 4 is 34.5 Å². The van der Waals surface area contributed by atoms with Gasteiger partial charge in [-0.15, -0.1) is 0 Å². The average Bonchev–Trinajstić information content (AvgIpc) is 3.31. The van der Waals surface area contributed by atoms with Gasteiger partial charge < -0.3 is 26.5 Å². The number of aromatic nitrogens is 3. The predicted octanol–water partition coefficient (Wildman–Crippen LogP) is 3.68. The van der Waals surface area contributed by atoms with E-state index < -0.39 is 24.0 Å². The van der Waals surface area contributed by atoms with Crippen LogP contribution in [0.5, 0.6) is 0 Å². The fourth-order valence-electron chi connectivity index (χ4n) is 4.03. The summed E-state index contributed by atoms with van der Waals surface area (Å²) in [6.07, 6.45) is 0.136. The van der Waals surface area contributed by atoms with Gasteiger partial charge in [0.25, 0.3) is 11.8 Å². The minimum absolute atomic E-state index is 0.262. The lowest BCUT2D eigenvalue weighted by molar-refractivity contribution is -0.125. The van der Waals surface area contributed by atoms with Gasteiger partial charge in [-0.25, -0.2) is 4.98 Å². The molecular weight excluding hydrogens is 468 g/mol. The maximum atomic E-state index is 13.1. The lowest BCUT2D eigenvalue weighted by Crippen LogP contribution is -2.42. The number of nitrogens with one attached hydrogen (secondary N) is 3. The van der Waals surface area contributed by atoms with E-state index in [1.165, 1.54) is 0 Å². The number of fused-ring (bicyclic) bond motifs is 1. The molecule has 5 rings (SSSR count). The number of anilines is 2. The first-order valence-corrected chi connectivity index (χ1v) is 11.6. The highest BCUT2D eigenvalue weighted by Gasteiger charge is 2.29. The molecule has 2 heterocycles. The number of aromatic amines is 1. The predicted molar refractivity (Wildman–Crippen MR) is 141 cm³/mol. The van der Waals surface area contributed by atoms with Crippen LogP contribution in [0.2, 0.25) is 0 Å². The zero-order chi connectivity index (χ0) is 25.8. The lowest BCUT2D eigenvalue weighted by atomic mass is 9.99. The quantitative estimate of drug-likeness (QED) is 0.234. The Balaban J connectivity index is 1.34. The zero-order valence-electron chi connectivity index (χ0n) is 19.6. The topological polar surface area (TPSA) is 146 Å². The van der Waals surface area contributed by atoms with Crippen LogP contribution in [0.15, 0.2) is 97.2 Å². The van der Waals surface area contributed by atoms with Gasteiger partial charge in [-0.3, -0.25) is 14.6 Å². The number of carbonyl (C=O) groups is 2. The number of nitrogen functional groups attached to an aromatic ring is 1. The molecule has 37 heavy (non-hydrogen) atoms. The largest absolute Gasteiger partial charge is 0.381 e. The molecule has 3 aromatic carbocycles. The highest BCUT2D eigenvalue weighted by atomic mass is 16.3. The second kappa shape index (κ2) is 10.3. The Morgan fingerprint density at radius 1 is 0.919 bits per heavy atom. The summed E-state index contributed by atoms with van der Waals surface area (Å²) in [6.45, 7) is 0. The van der Waals surface area contributed by atoms with Crippen molar-refractivity contribution in [2.45, 2.75) is 12.1 Å². The summed E-state index contributed by atoms with van der Waals surface area (Å²) < 4.78 is 0. The van der Waals surface area contributed by atoms with Gasteiger partial charge in [0.2, 0.25) is 0 Å². The molecule has 9 heteroatoms. The molecule has 6 N–H and O–H groups in total. The van der Waals surface area contributed by atoms with Crippen molar-refractivity contribution in [3.8, 4) is 11.3 Å². The van der Waals surface area contributed by atoms with E-state index in [0.29, 0.717) is 27.8 Å². The van der Waals surface area contributed by atoms with Gasteiger partial charge in [0.15, 0.2) is 12.1 Å². The number of amides is 2. The molecule has 0 radical (unpaired) electrons. The maximum absolute atomic E-state index is 13.1. The SMILES string of the molecule is Nc1nc2ccc(NC(=O)C(O)C(NC(=O)c3ccc(-c4ccccn4)cc3)c3ccccc3)cc2[nH]1. The van der Waals surface area contributed by atoms with Gasteiger partial charge in [-0.05, 0) is 48.0 Å². The van der Waals surface area contributed by atoms with Gasteiger partial charge >= 0.3 is 0 Å². The molecule has 0 aliphatic rings. The number of imidazole rings is 1. The Kier molecular flexibility index (Phi) is 6.60. The first-order valence-electron chi connectivity index (χ1n) is 11.6. The highest BCUT2D eigenvalue weighted by molar-refractivity contribution is 5.98. The second-order valence-electron chi connectivity index (χ2n) is 8.44. The summed E-state index contributed by atoms with van der Waals surface area (Å²) >= 11 is 0. The maximum Gasteiger partial charge on any atom is 0.255 e. The normalized spacial score (nSPS) is 12.6. The molecule has 0 bridgehead atoms. The lowest BCUT2D eigenvalue weighted by Gasteiger charge is -2.24. The standard InChI is InChI=1S/C28H24N6O3/c29-28-32-22-14-13-20(16-23(22)33-28)31-27(37)25(35)24(18-6-2-1-3-7-18)34-26(36)19-11-9-17(10-12-19)21-8-4-5-15-30-21/h1-16,24-25,35H,(H,31,37)(H,34,36)(H3,29,32,33). The van der Waals surface area contributed by atoms with Gasteiger partial charge in [0.1, 0.15) is 0 Å². The van der Waals surface area contributed by atoms with Crippen molar-refractivity contribution in [2.75, 3.05) is 11.1 Å². The van der Waals surface area contributed by atoms with Crippen molar-refractivity contribution in [1.29, 1.82) is 0 Å². The van der Waals surface area contributed by atoms with Crippen molar-refractivity contribution in [2.24, 2.45) is 0 Å². The number of nitrogens with two attached hydrogens (primary N) is 1. The molecule has 2 atom stereocenters. The fraction of sp³-hybridized carbons (Fsp3) is 0.0714. The van der Waals surface area contributed by atoms with Crippen molar-refractivity contribution in [3.05, 3.63) is 108 Å². The number of carbonyl (C=O) groups excluding carboxylic acids is 2. The molecule has 5 aromatic rings. The molecule has 0 fully saturated rings. The van der Waals surface area contributed by atoms with Crippen LogP contribution in [-0.2, 0) is 4.79 Å². The molecule has 2 unspecified atom stereocenters. The number of aliphatic hydroxyl groups is 1. The molecule has 0 saturated carbocycles. The van der Waals surface area contributed by atoms with Crippen LogP contribution in [0.25, 0.3) is 22.3 Å². The average molecular weight is 493 g/mol. The number of rotatable bonds is 7. The van der Waals surface area contributed by atoms with E-state index in [2.05, 4.69) is 25.6 Å². The van der Waals surface area contributed by atoms with Crippen LogP contribution in [0.4, 0.5) is 11.6 Å². The Morgan fingerprint density at radius 2 is 1.68 bits per heavy atom. The number of pyridine rings is 1.